The minimum Gasteiger partial charge on any atom is -0.506 e. The highest BCUT2D eigenvalue weighted by atomic mass is 79.9. The van der Waals surface area contributed by atoms with Gasteiger partial charge in [0.1, 0.15) is 45.4 Å². The van der Waals surface area contributed by atoms with E-state index in [1.54, 1.807) is 21.9 Å². The van der Waals surface area contributed by atoms with Gasteiger partial charge in [-0.05, 0) is 173 Å². The third-order valence-electron chi connectivity index (χ3n) is 14.5. The van der Waals surface area contributed by atoms with Gasteiger partial charge in [0, 0.05) is 55.7 Å². The Morgan fingerprint density at radius 1 is 0.613 bits per heavy atom. The molecule has 18 nitrogen and oxygen atoms in total. The Hall–Kier alpha value is -5.48. The number of hydrogen-bond acceptors (Lipinski definition) is 14. The smallest absolute Gasteiger partial charge is 0.488 e. The lowest BCUT2D eigenvalue weighted by Gasteiger charge is -2.47. The van der Waals surface area contributed by atoms with Crippen molar-refractivity contribution in [1.82, 2.24) is 29.4 Å². The monoisotopic (exact) mass is 1210 g/mol. The summed E-state index contributed by atoms with van der Waals surface area (Å²) in [6, 6.07) is 17.3. The van der Waals surface area contributed by atoms with E-state index in [4.69, 9.17) is 71.9 Å². The maximum atomic E-state index is 12.5. The molecule has 6 aromatic rings. The molecule has 2 aromatic heterocycles. The van der Waals surface area contributed by atoms with Crippen LogP contribution in [-0.2, 0) is 18.9 Å². The molecule has 4 aliphatic heterocycles. The van der Waals surface area contributed by atoms with Crippen LogP contribution >= 0.6 is 39.1 Å². The molecule has 2 unspecified atom stereocenters. The van der Waals surface area contributed by atoms with Gasteiger partial charge < -0.3 is 58.5 Å². The Balaban J connectivity index is 0.000000179. The summed E-state index contributed by atoms with van der Waals surface area (Å²) in [6.45, 7) is 23.3. The zero-order valence-electron chi connectivity index (χ0n) is 47.2. The molecular formula is C58H74BBrCl2N6O12. The SMILES string of the molecule is CC(C)(C)OC(=O)N1CC(C(C)(C)Oc2cc(-c3ccc(O)c(Cl)c3)cc3c2cnn3C2CCCCO2)C1.CC(C)(C)OC(=O)N1CC(C(C)(C)Oc2cc(Br)cc3c2cnn3C2CCCCO2)C1.OB(O)c1ccc(O)c(Cl)c1. The first-order chi connectivity index (χ1) is 37.6. The number of halogens is 3. The fourth-order valence-corrected chi connectivity index (χ4v) is 10.5. The van der Waals surface area contributed by atoms with Gasteiger partial charge >= 0.3 is 19.3 Å². The number of ether oxygens (including phenoxy) is 6. The summed E-state index contributed by atoms with van der Waals surface area (Å²) >= 11 is 15.4. The zero-order valence-corrected chi connectivity index (χ0v) is 50.3. The minimum absolute atomic E-state index is 0.0320. The number of carbonyl (C=O) groups excluding carboxylic acids is 2. The number of aromatic nitrogens is 4. The van der Waals surface area contributed by atoms with Crippen LogP contribution in [-0.4, -0.2) is 131 Å². The fourth-order valence-electron chi connectivity index (χ4n) is 9.71. The Morgan fingerprint density at radius 3 is 1.49 bits per heavy atom. The number of phenols is 2. The highest BCUT2D eigenvalue weighted by Gasteiger charge is 2.46. The number of hydrogen-bond donors (Lipinski definition) is 4. The molecule has 0 spiro atoms. The second-order valence-electron chi connectivity index (χ2n) is 23.9. The average Bonchev–Trinajstić information content (AvgIpc) is 4.00. The second-order valence-corrected chi connectivity index (χ2v) is 25.6. The third kappa shape index (κ3) is 14.8. The second kappa shape index (κ2) is 24.5. The van der Waals surface area contributed by atoms with Crippen LogP contribution < -0.4 is 14.9 Å². The number of benzene rings is 4. The molecule has 4 N–H and O–H groups in total. The lowest BCUT2D eigenvalue weighted by molar-refractivity contribution is -0.0552. The number of likely N-dealkylation sites (tertiary alicyclic amines) is 2. The first-order valence-electron chi connectivity index (χ1n) is 27.1. The van der Waals surface area contributed by atoms with Crippen molar-refractivity contribution >= 4 is 85.7 Å². The van der Waals surface area contributed by atoms with E-state index < -0.39 is 29.5 Å². The fraction of sp³-hybridized carbons (Fsp3) is 0.517. The van der Waals surface area contributed by atoms with Crippen LogP contribution in [0.1, 0.15) is 120 Å². The Kier molecular flexibility index (Phi) is 18.6. The summed E-state index contributed by atoms with van der Waals surface area (Å²) < 4.78 is 41.0. The number of carbonyl (C=O) groups is 2. The van der Waals surface area contributed by atoms with Crippen LogP contribution in [0.2, 0.25) is 10.0 Å². The molecule has 2 amide bonds. The first kappa shape index (κ1) is 60.6. The summed E-state index contributed by atoms with van der Waals surface area (Å²) in [5.74, 6) is 1.79. The number of rotatable bonds is 10. The topological polar surface area (TPSA) is 213 Å². The van der Waals surface area contributed by atoms with Crippen molar-refractivity contribution in [3.05, 3.63) is 87.6 Å². The van der Waals surface area contributed by atoms with Crippen molar-refractivity contribution in [3.63, 3.8) is 0 Å². The predicted octanol–water partition coefficient (Wildman–Crippen LogP) is 12.0. The molecule has 10 rings (SSSR count). The van der Waals surface area contributed by atoms with E-state index in [0.29, 0.717) is 38.5 Å². The molecule has 0 saturated carbocycles. The van der Waals surface area contributed by atoms with E-state index in [-0.39, 0.29) is 63.5 Å². The average molecular weight is 1210 g/mol. The van der Waals surface area contributed by atoms with Gasteiger partial charge in [-0.1, -0.05) is 51.3 Å². The van der Waals surface area contributed by atoms with Gasteiger partial charge in [0.25, 0.3) is 0 Å². The molecule has 0 bridgehead atoms. The van der Waals surface area contributed by atoms with E-state index in [2.05, 4.69) is 60.9 Å². The number of nitrogens with zero attached hydrogens (tertiary/aromatic N) is 6. The predicted molar refractivity (Wildman–Crippen MR) is 312 cm³/mol. The van der Waals surface area contributed by atoms with E-state index >= 15 is 0 Å². The molecule has 6 heterocycles. The van der Waals surface area contributed by atoms with Crippen molar-refractivity contribution in [2.45, 2.75) is 143 Å². The molecule has 80 heavy (non-hydrogen) atoms. The Bertz CT molecular complexity index is 3150. The largest absolute Gasteiger partial charge is 0.506 e. The molecule has 4 aliphatic rings. The first-order valence-corrected chi connectivity index (χ1v) is 28.7. The Labute approximate surface area is 486 Å². The Morgan fingerprint density at radius 2 is 1.06 bits per heavy atom. The van der Waals surface area contributed by atoms with E-state index in [9.17, 15) is 14.7 Å². The highest BCUT2D eigenvalue weighted by Crippen LogP contribution is 2.42. The molecular weight excluding hydrogens is 1130 g/mol. The molecule has 4 saturated heterocycles. The van der Waals surface area contributed by atoms with Crippen LogP contribution in [0.5, 0.6) is 23.0 Å². The number of phenolic OH excluding ortho intramolecular Hbond substituents is 2. The number of amides is 2. The summed E-state index contributed by atoms with van der Waals surface area (Å²) in [5, 5.41) is 47.8. The lowest BCUT2D eigenvalue weighted by atomic mass is 9.80. The van der Waals surface area contributed by atoms with Gasteiger partial charge in [0.05, 0.1) is 44.2 Å². The van der Waals surface area contributed by atoms with Crippen molar-refractivity contribution in [2.24, 2.45) is 11.8 Å². The normalized spacial score (nSPS) is 18.3. The number of fused-ring (bicyclic) bond motifs is 2. The molecule has 4 aromatic carbocycles. The highest BCUT2D eigenvalue weighted by molar-refractivity contribution is 9.10. The minimum atomic E-state index is -1.55. The molecule has 432 valence electrons. The maximum Gasteiger partial charge on any atom is 0.488 e. The van der Waals surface area contributed by atoms with Crippen LogP contribution in [0, 0.1) is 11.8 Å². The van der Waals surface area contributed by atoms with Crippen molar-refractivity contribution < 1.29 is 58.3 Å². The van der Waals surface area contributed by atoms with Gasteiger partial charge in [-0.2, -0.15) is 10.2 Å². The molecule has 0 aliphatic carbocycles. The van der Waals surface area contributed by atoms with Gasteiger partial charge in [-0.15, -0.1) is 0 Å². The summed E-state index contributed by atoms with van der Waals surface area (Å²) in [6.07, 6.45) is 9.22. The van der Waals surface area contributed by atoms with Crippen LogP contribution in [0.25, 0.3) is 32.9 Å². The van der Waals surface area contributed by atoms with Crippen LogP contribution in [0.3, 0.4) is 0 Å². The summed E-state index contributed by atoms with van der Waals surface area (Å²) in [5.41, 5.74) is 1.90. The van der Waals surface area contributed by atoms with Gasteiger partial charge in [0.15, 0.2) is 12.5 Å². The van der Waals surface area contributed by atoms with E-state index in [1.807, 2.05) is 81.5 Å². The standard InChI is InChI=1S/C29H36ClN3O5.C23H32BrN3O4.C6H6BClO3/c1-28(2,3)38-27(35)32-16-20(17-32)29(4,5)37-25-14-19(18-9-10-24(34)22(30)12-18)13-23-21(25)15-31-33(23)26-8-6-7-11-36-26;1-22(2,3)31-21(28)26-13-15(14-26)23(4,5)30-19-11-16(24)10-18-17(19)12-25-27(18)20-8-6-7-9-29-20;8-5-3-4(7(10)11)1-2-6(5)9/h9-10,12-15,20,26,34H,6-8,11,16-17H2,1-5H3;10-12,15,20H,6-9,13-14H2,1-5H3;1-3,9-11H. The summed E-state index contributed by atoms with van der Waals surface area (Å²) in [4.78, 5) is 28.2. The quantitative estimate of drug-likeness (QED) is 0.0940. The lowest BCUT2D eigenvalue weighted by Crippen LogP contribution is -2.60. The van der Waals surface area contributed by atoms with Crippen molar-refractivity contribution in [3.8, 4) is 34.1 Å². The zero-order chi connectivity index (χ0) is 58.1. The molecule has 22 heteroatoms. The summed E-state index contributed by atoms with van der Waals surface area (Å²) in [7, 11) is -1.55. The van der Waals surface area contributed by atoms with Crippen molar-refractivity contribution in [1.29, 1.82) is 0 Å². The molecule has 2 atom stereocenters. The third-order valence-corrected chi connectivity index (χ3v) is 15.6. The van der Waals surface area contributed by atoms with Crippen molar-refractivity contribution in [2.75, 3.05) is 39.4 Å². The van der Waals surface area contributed by atoms with Gasteiger partial charge in [-0.3, -0.25) is 0 Å². The maximum absolute atomic E-state index is 12.5. The van der Waals surface area contributed by atoms with E-state index in [1.165, 1.54) is 18.2 Å². The van der Waals surface area contributed by atoms with E-state index in [0.717, 1.165) is 88.3 Å². The van der Waals surface area contributed by atoms with Crippen LogP contribution in [0.15, 0.2) is 77.5 Å². The molecule has 4 fully saturated rings. The number of aromatic hydroxyl groups is 2. The van der Waals surface area contributed by atoms with Gasteiger partial charge in [0.2, 0.25) is 0 Å². The van der Waals surface area contributed by atoms with Crippen LogP contribution in [0.4, 0.5) is 9.59 Å². The van der Waals surface area contributed by atoms with Gasteiger partial charge in [-0.25, -0.2) is 19.0 Å². The molecule has 0 radical (unpaired) electrons.